The van der Waals surface area contributed by atoms with Crippen LogP contribution >= 0.6 is 11.3 Å². The van der Waals surface area contributed by atoms with E-state index in [1.165, 1.54) is 16.0 Å². The molecule has 0 aliphatic rings. The van der Waals surface area contributed by atoms with E-state index >= 15 is 0 Å². The molecule has 0 saturated carbocycles. The minimum absolute atomic E-state index is 0.828. The molecule has 0 spiro atoms. The van der Waals surface area contributed by atoms with Gasteiger partial charge in [-0.1, -0.05) is 0 Å². The van der Waals surface area contributed by atoms with Gasteiger partial charge in [0.15, 0.2) is 5.65 Å². The number of nitrogens with one attached hydrogen (secondary N) is 1. The van der Waals surface area contributed by atoms with Gasteiger partial charge in [0.25, 0.3) is 0 Å². The Morgan fingerprint density at radius 1 is 1.30 bits per heavy atom. The summed E-state index contributed by atoms with van der Waals surface area (Å²) in [5.74, 6) is 0. The van der Waals surface area contributed by atoms with Crippen molar-refractivity contribution in [2.75, 3.05) is 0 Å². The summed E-state index contributed by atoms with van der Waals surface area (Å²) in [7, 11) is 1.93. The van der Waals surface area contributed by atoms with Crippen LogP contribution < -0.4 is 5.32 Å². The zero-order valence-corrected chi connectivity index (χ0v) is 12.8. The number of hydrogen-bond donors (Lipinski definition) is 1. The Morgan fingerprint density at radius 3 is 2.90 bits per heavy atom. The number of rotatable bonds is 4. The lowest BCUT2D eigenvalue weighted by molar-refractivity contribution is 0.697. The van der Waals surface area contributed by atoms with Gasteiger partial charge in [0.05, 0.1) is 5.69 Å². The fourth-order valence-corrected chi connectivity index (χ4v) is 3.23. The normalized spacial score (nSPS) is 11.3. The molecular formula is C15H18N4S. The van der Waals surface area contributed by atoms with Crippen molar-refractivity contribution in [3.63, 3.8) is 0 Å². The average molecular weight is 286 g/mol. The summed E-state index contributed by atoms with van der Waals surface area (Å²) in [4.78, 5) is 5.90. The molecule has 0 bridgehead atoms. The zero-order chi connectivity index (χ0) is 14.1. The first kappa shape index (κ1) is 13.3. The van der Waals surface area contributed by atoms with Crippen molar-refractivity contribution in [1.82, 2.24) is 20.1 Å². The lowest BCUT2D eigenvalue weighted by atomic mass is 10.2. The quantitative estimate of drug-likeness (QED) is 0.802. The first-order valence-electron chi connectivity index (χ1n) is 6.67. The largest absolute Gasteiger partial charge is 0.308 e. The minimum atomic E-state index is 0.828. The standard InChI is InChI=1S/C15H18N4S/c1-10-4-5-20-14(10)9-16-7-12-6-13-11(2)18-19(3)15(13)17-8-12/h4-6,8,16H,7,9H2,1-3H3. The Bertz CT molecular complexity index is 741. The van der Waals surface area contributed by atoms with Crippen molar-refractivity contribution in [3.8, 4) is 0 Å². The summed E-state index contributed by atoms with van der Waals surface area (Å²) < 4.78 is 1.83. The predicted molar refractivity (Wildman–Crippen MR) is 82.8 cm³/mol. The summed E-state index contributed by atoms with van der Waals surface area (Å²) in [5.41, 5.74) is 4.54. The first-order valence-corrected chi connectivity index (χ1v) is 7.55. The van der Waals surface area contributed by atoms with Crippen LogP contribution in [-0.4, -0.2) is 14.8 Å². The second-order valence-electron chi connectivity index (χ2n) is 5.05. The molecule has 0 fully saturated rings. The van der Waals surface area contributed by atoms with E-state index in [-0.39, 0.29) is 0 Å². The second-order valence-corrected chi connectivity index (χ2v) is 6.05. The van der Waals surface area contributed by atoms with Gasteiger partial charge in [0.2, 0.25) is 0 Å². The molecule has 20 heavy (non-hydrogen) atoms. The number of hydrogen-bond acceptors (Lipinski definition) is 4. The molecule has 0 atom stereocenters. The minimum Gasteiger partial charge on any atom is -0.308 e. The van der Waals surface area contributed by atoms with Gasteiger partial charge >= 0.3 is 0 Å². The van der Waals surface area contributed by atoms with Crippen LogP contribution in [0.4, 0.5) is 0 Å². The van der Waals surface area contributed by atoms with Crippen LogP contribution in [0.2, 0.25) is 0 Å². The van der Waals surface area contributed by atoms with Crippen molar-refractivity contribution in [2.24, 2.45) is 7.05 Å². The number of aromatic nitrogens is 3. The van der Waals surface area contributed by atoms with Crippen LogP contribution in [0.1, 0.15) is 21.7 Å². The molecule has 3 aromatic rings. The molecule has 3 aromatic heterocycles. The highest BCUT2D eigenvalue weighted by Gasteiger charge is 2.07. The Hall–Kier alpha value is -1.72. The molecule has 0 amide bonds. The maximum Gasteiger partial charge on any atom is 0.157 e. The third-order valence-electron chi connectivity index (χ3n) is 3.50. The van der Waals surface area contributed by atoms with Crippen molar-refractivity contribution in [1.29, 1.82) is 0 Å². The third-order valence-corrected chi connectivity index (χ3v) is 4.53. The van der Waals surface area contributed by atoms with E-state index in [0.29, 0.717) is 0 Å². The van der Waals surface area contributed by atoms with Gasteiger partial charge < -0.3 is 5.32 Å². The van der Waals surface area contributed by atoms with Crippen molar-refractivity contribution >= 4 is 22.4 Å². The van der Waals surface area contributed by atoms with Crippen molar-refractivity contribution in [2.45, 2.75) is 26.9 Å². The molecule has 3 rings (SSSR count). The molecule has 5 heteroatoms. The van der Waals surface area contributed by atoms with Gasteiger partial charge in [-0.2, -0.15) is 5.10 Å². The number of fused-ring (bicyclic) bond motifs is 1. The van der Waals surface area contributed by atoms with E-state index in [2.05, 4.69) is 39.8 Å². The van der Waals surface area contributed by atoms with Crippen LogP contribution in [0.25, 0.3) is 11.0 Å². The highest BCUT2D eigenvalue weighted by molar-refractivity contribution is 7.10. The van der Waals surface area contributed by atoms with Crippen LogP contribution in [0.3, 0.4) is 0 Å². The van der Waals surface area contributed by atoms with E-state index in [1.807, 2.05) is 24.9 Å². The maximum absolute atomic E-state index is 4.50. The molecule has 0 aromatic carbocycles. The molecule has 0 unspecified atom stereocenters. The lowest BCUT2D eigenvalue weighted by Crippen LogP contribution is -2.12. The second kappa shape index (κ2) is 5.34. The molecule has 3 heterocycles. The topological polar surface area (TPSA) is 42.7 Å². The van der Waals surface area contributed by atoms with Crippen LogP contribution in [0.15, 0.2) is 23.7 Å². The van der Waals surface area contributed by atoms with E-state index < -0.39 is 0 Å². The van der Waals surface area contributed by atoms with E-state index in [4.69, 9.17) is 0 Å². The van der Waals surface area contributed by atoms with Crippen LogP contribution in [0.5, 0.6) is 0 Å². The van der Waals surface area contributed by atoms with Crippen molar-refractivity contribution in [3.05, 3.63) is 45.4 Å². The van der Waals surface area contributed by atoms with Gasteiger partial charge in [-0.3, -0.25) is 4.68 Å². The Morgan fingerprint density at radius 2 is 2.15 bits per heavy atom. The summed E-state index contributed by atoms with van der Waals surface area (Å²) in [5, 5.41) is 11.2. The number of pyridine rings is 1. The molecule has 0 saturated heterocycles. The van der Waals surface area contributed by atoms with Gasteiger partial charge in [0, 0.05) is 36.6 Å². The lowest BCUT2D eigenvalue weighted by Gasteiger charge is -2.05. The Labute approximate surface area is 122 Å². The van der Waals surface area contributed by atoms with Crippen LogP contribution in [0, 0.1) is 13.8 Å². The predicted octanol–water partition coefficient (Wildman–Crippen LogP) is 2.94. The number of aryl methyl sites for hydroxylation is 3. The van der Waals surface area contributed by atoms with Gasteiger partial charge in [0.1, 0.15) is 0 Å². The number of nitrogens with zero attached hydrogens (tertiary/aromatic N) is 3. The highest BCUT2D eigenvalue weighted by Crippen LogP contribution is 2.17. The maximum atomic E-state index is 4.50. The molecule has 1 N–H and O–H groups in total. The fourth-order valence-electron chi connectivity index (χ4n) is 2.35. The summed E-state index contributed by atoms with van der Waals surface area (Å²) >= 11 is 1.80. The monoisotopic (exact) mass is 286 g/mol. The number of thiophene rings is 1. The summed E-state index contributed by atoms with van der Waals surface area (Å²) in [6.07, 6.45) is 1.93. The molecule has 0 radical (unpaired) electrons. The van der Waals surface area contributed by atoms with Gasteiger partial charge in [-0.05, 0) is 42.5 Å². The Kier molecular flexibility index (Phi) is 3.54. The smallest absolute Gasteiger partial charge is 0.157 e. The SMILES string of the molecule is Cc1ccsc1CNCc1cnc2c(c1)c(C)nn2C. The van der Waals surface area contributed by atoms with E-state index in [0.717, 1.165) is 29.8 Å². The van der Waals surface area contributed by atoms with Gasteiger partial charge in [-0.15, -0.1) is 11.3 Å². The molecule has 104 valence electrons. The van der Waals surface area contributed by atoms with Gasteiger partial charge in [-0.25, -0.2) is 4.98 Å². The summed E-state index contributed by atoms with van der Waals surface area (Å²) in [6, 6.07) is 4.34. The third kappa shape index (κ3) is 2.46. The molecule has 4 nitrogen and oxygen atoms in total. The summed E-state index contributed by atoms with van der Waals surface area (Å²) in [6.45, 7) is 5.92. The first-order chi connectivity index (χ1) is 9.65. The molecule has 0 aliphatic heterocycles. The Balaban J connectivity index is 1.72. The van der Waals surface area contributed by atoms with Crippen LogP contribution in [-0.2, 0) is 20.1 Å². The molecule has 0 aliphatic carbocycles. The van der Waals surface area contributed by atoms with Crippen molar-refractivity contribution < 1.29 is 0 Å². The highest BCUT2D eigenvalue weighted by atomic mass is 32.1. The molecular weight excluding hydrogens is 268 g/mol. The van der Waals surface area contributed by atoms with E-state index in [9.17, 15) is 0 Å². The average Bonchev–Trinajstić information content (AvgIpc) is 2.95. The van der Waals surface area contributed by atoms with E-state index in [1.54, 1.807) is 11.3 Å². The fraction of sp³-hybridized carbons (Fsp3) is 0.333. The zero-order valence-electron chi connectivity index (χ0n) is 12.0.